The van der Waals surface area contributed by atoms with Gasteiger partial charge in [0.1, 0.15) is 5.75 Å². The number of hydrogen-bond acceptors (Lipinski definition) is 6. The van der Waals surface area contributed by atoms with Crippen LogP contribution in [-0.2, 0) is 5.41 Å². The highest BCUT2D eigenvalue weighted by atomic mass is 35.5. The maximum atomic E-state index is 13.0. The molecule has 2 heterocycles. The van der Waals surface area contributed by atoms with Crippen molar-refractivity contribution in [3.63, 3.8) is 0 Å². The molecule has 1 fully saturated rings. The lowest BCUT2D eigenvalue weighted by molar-refractivity contribution is -0.385. The van der Waals surface area contributed by atoms with Crippen LogP contribution in [0.4, 0.5) is 11.4 Å². The van der Waals surface area contributed by atoms with Crippen molar-refractivity contribution in [3.8, 4) is 11.4 Å². The van der Waals surface area contributed by atoms with Gasteiger partial charge >= 0.3 is 11.2 Å². The Morgan fingerprint density at radius 3 is 2.41 bits per heavy atom. The van der Waals surface area contributed by atoms with Gasteiger partial charge < -0.3 is 9.64 Å². The molecule has 0 bridgehead atoms. The standard InChI is InChI=1S/C20H25ClN4O4/c1-20(2,3)14-9-8-13(12-15(14)29-4)24-19(26)17(25(27)28)16(18(21)22-24)23-10-6-5-7-11-23/h8-9,12H,5-7,10-11H2,1-4H3. The van der Waals surface area contributed by atoms with E-state index >= 15 is 0 Å². The van der Waals surface area contributed by atoms with Gasteiger partial charge in [0.05, 0.1) is 17.7 Å². The minimum absolute atomic E-state index is 0.0583. The van der Waals surface area contributed by atoms with E-state index in [2.05, 4.69) is 5.10 Å². The molecule has 3 rings (SSSR count). The highest BCUT2D eigenvalue weighted by Crippen LogP contribution is 2.35. The number of anilines is 1. The zero-order chi connectivity index (χ0) is 21.3. The number of halogens is 1. The normalized spacial score (nSPS) is 14.7. The maximum Gasteiger partial charge on any atom is 0.362 e. The van der Waals surface area contributed by atoms with Crippen molar-refractivity contribution in [3.05, 3.63) is 49.4 Å². The van der Waals surface area contributed by atoms with Gasteiger partial charge in [-0.15, -0.1) is 5.10 Å². The van der Waals surface area contributed by atoms with Gasteiger partial charge in [-0.2, -0.15) is 4.68 Å². The number of nitro groups is 1. The Labute approximate surface area is 174 Å². The summed E-state index contributed by atoms with van der Waals surface area (Å²) in [6.07, 6.45) is 2.83. The fraction of sp³-hybridized carbons (Fsp3) is 0.500. The van der Waals surface area contributed by atoms with Crippen molar-refractivity contribution < 1.29 is 9.66 Å². The topological polar surface area (TPSA) is 90.5 Å². The van der Waals surface area contributed by atoms with Gasteiger partial charge in [-0.25, -0.2) is 0 Å². The molecular weight excluding hydrogens is 396 g/mol. The SMILES string of the molecule is COc1cc(-n2nc(Cl)c(N3CCCCC3)c([N+](=O)[O-])c2=O)ccc1C(C)(C)C. The molecule has 0 saturated carbocycles. The molecule has 0 amide bonds. The minimum Gasteiger partial charge on any atom is -0.496 e. The van der Waals surface area contributed by atoms with Crippen LogP contribution in [0.15, 0.2) is 23.0 Å². The molecule has 1 aromatic heterocycles. The molecule has 156 valence electrons. The van der Waals surface area contributed by atoms with E-state index in [1.807, 2.05) is 26.8 Å². The molecule has 1 saturated heterocycles. The fourth-order valence-electron chi connectivity index (χ4n) is 3.65. The summed E-state index contributed by atoms with van der Waals surface area (Å²) in [7, 11) is 1.54. The smallest absolute Gasteiger partial charge is 0.362 e. The predicted octanol–water partition coefficient (Wildman–Crippen LogP) is 4.09. The summed E-state index contributed by atoms with van der Waals surface area (Å²) >= 11 is 6.36. The van der Waals surface area contributed by atoms with Gasteiger partial charge in [0.15, 0.2) is 10.8 Å². The van der Waals surface area contributed by atoms with Crippen LogP contribution in [0.1, 0.15) is 45.6 Å². The van der Waals surface area contributed by atoms with Crippen molar-refractivity contribution in [1.29, 1.82) is 0 Å². The monoisotopic (exact) mass is 420 g/mol. The van der Waals surface area contributed by atoms with Gasteiger partial charge in [-0.3, -0.25) is 14.9 Å². The van der Waals surface area contributed by atoms with E-state index in [1.54, 1.807) is 24.1 Å². The van der Waals surface area contributed by atoms with Crippen LogP contribution in [0.3, 0.4) is 0 Å². The van der Waals surface area contributed by atoms with Crippen molar-refractivity contribution in [2.75, 3.05) is 25.1 Å². The second kappa shape index (κ2) is 8.02. The summed E-state index contributed by atoms with van der Waals surface area (Å²) in [5, 5.41) is 15.9. The lowest BCUT2D eigenvalue weighted by Crippen LogP contribution is -2.34. The van der Waals surface area contributed by atoms with Crippen LogP contribution in [-0.4, -0.2) is 34.9 Å². The number of hydrogen-bond donors (Lipinski definition) is 0. The first-order valence-electron chi connectivity index (χ1n) is 9.56. The summed E-state index contributed by atoms with van der Waals surface area (Å²) < 4.78 is 6.46. The van der Waals surface area contributed by atoms with E-state index in [-0.39, 0.29) is 16.3 Å². The van der Waals surface area contributed by atoms with Gasteiger partial charge in [0, 0.05) is 19.2 Å². The first kappa shape index (κ1) is 21.1. The third kappa shape index (κ3) is 4.07. The summed E-state index contributed by atoms with van der Waals surface area (Å²) in [6, 6.07) is 5.17. The Balaban J connectivity index is 2.19. The average molecular weight is 421 g/mol. The lowest BCUT2D eigenvalue weighted by Gasteiger charge is -2.28. The molecule has 0 unspecified atom stereocenters. The Hall–Kier alpha value is -2.61. The van der Waals surface area contributed by atoms with Crippen LogP contribution in [0, 0.1) is 10.1 Å². The van der Waals surface area contributed by atoms with Crippen molar-refractivity contribution in [2.24, 2.45) is 0 Å². The molecule has 0 radical (unpaired) electrons. The fourth-order valence-corrected chi connectivity index (χ4v) is 3.93. The number of nitrogens with zero attached hydrogens (tertiary/aromatic N) is 4. The van der Waals surface area contributed by atoms with E-state index in [1.165, 1.54) is 0 Å². The number of benzene rings is 1. The second-order valence-corrected chi connectivity index (χ2v) is 8.50. The van der Waals surface area contributed by atoms with Crippen molar-refractivity contribution in [2.45, 2.75) is 45.4 Å². The van der Waals surface area contributed by atoms with Crippen molar-refractivity contribution in [1.82, 2.24) is 9.78 Å². The van der Waals surface area contributed by atoms with Gasteiger partial charge in [-0.05, 0) is 36.3 Å². The van der Waals surface area contributed by atoms with Crippen LogP contribution in [0.25, 0.3) is 5.69 Å². The average Bonchev–Trinajstić information content (AvgIpc) is 2.68. The first-order chi connectivity index (χ1) is 13.6. The van der Waals surface area contributed by atoms with Gasteiger partial charge in [0.2, 0.25) is 0 Å². The quantitative estimate of drug-likeness (QED) is 0.546. The summed E-state index contributed by atoms with van der Waals surface area (Å²) in [5.74, 6) is 0.572. The number of aromatic nitrogens is 2. The molecule has 2 aromatic rings. The van der Waals surface area contributed by atoms with E-state index in [4.69, 9.17) is 16.3 Å². The number of rotatable bonds is 4. The van der Waals surface area contributed by atoms with Crippen LogP contribution in [0.5, 0.6) is 5.75 Å². The molecule has 0 aliphatic carbocycles. The molecular formula is C20H25ClN4O4. The van der Waals surface area contributed by atoms with E-state index in [0.717, 1.165) is 29.5 Å². The van der Waals surface area contributed by atoms with E-state index in [9.17, 15) is 14.9 Å². The minimum atomic E-state index is -0.814. The zero-order valence-corrected chi connectivity index (χ0v) is 17.8. The van der Waals surface area contributed by atoms with Crippen LogP contribution >= 0.6 is 11.6 Å². The summed E-state index contributed by atoms with van der Waals surface area (Å²) in [4.78, 5) is 25.9. The van der Waals surface area contributed by atoms with Crippen molar-refractivity contribution >= 4 is 23.0 Å². The zero-order valence-electron chi connectivity index (χ0n) is 17.1. The largest absolute Gasteiger partial charge is 0.496 e. The predicted molar refractivity (Wildman–Crippen MR) is 113 cm³/mol. The van der Waals surface area contributed by atoms with Crippen LogP contribution in [0.2, 0.25) is 5.15 Å². The molecule has 9 heteroatoms. The third-order valence-corrected chi connectivity index (χ3v) is 5.35. The molecule has 1 aromatic carbocycles. The van der Waals surface area contributed by atoms with Crippen LogP contribution < -0.4 is 15.2 Å². The molecule has 8 nitrogen and oxygen atoms in total. The van der Waals surface area contributed by atoms with E-state index in [0.29, 0.717) is 24.5 Å². The Morgan fingerprint density at radius 1 is 1.21 bits per heavy atom. The van der Waals surface area contributed by atoms with Gasteiger partial charge in [-0.1, -0.05) is 38.4 Å². The second-order valence-electron chi connectivity index (χ2n) is 8.14. The molecule has 0 N–H and O–H groups in total. The number of methoxy groups -OCH3 is 1. The molecule has 1 aliphatic heterocycles. The summed E-state index contributed by atoms with van der Waals surface area (Å²) in [6.45, 7) is 7.36. The Bertz CT molecular complexity index is 991. The Morgan fingerprint density at radius 2 is 1.86 bits per heavy atom. The third-order valence-electron chi connectivity index (χ3n) is 5.10. The lowest BCUT2D eigenvalue weighted by atomic mass is 9.86. The van der Waals surface area contributed by atoms with Gasteiger partial charge in [0.25, 0.3) is 0 Å². The molecule has 0 atom stereocenters. The highest BCUT2D eigenvalue weighted by molar-refractivity contribution is 6.32. The highest BCUT2D eigenvalue weighted by Gasteiger charge is 2.31. The number of ether oxygens (including phenoxy) is 1. The number of piperidine rings is 1. The molecule has 29 heavy (non-hydrogen) atoms. The molecule has 0 spiro atoms. The summed E-state index contributed by atoms with van der Waals surface area (Å²) in [5.41, 5.74) is -0.131. The van der Waals surface area contributed by atoms with E-state index < -0.39 is 16.2 Å². The maximum absolute atomic E-state index is 13.0. The molecule has 1 aliphatic rings. The Kier molecular flexibility index (Phi) is 5.84. The first-order valence-corrected chi connectivity index (χ1v) is 9.94.